The largest absolute Gasteiger partial charge is 0.361 e. The van der Waals surface area contributed by atoms with E-state index in [1.807, 2.05) is 11.8 Å². The van der Waals surface area contributed by atoms with Gasteiger partial charge in [0.05, 0.1) is 0 Å². The lowest BCUT2D eigenvalue weighted by atomic mass is 10.00. The van der Waals surface area contributed by atoms with Crippen LogP contribution in [0, 0.1) is 11.8 Å². The van der Waals surface area contributed by atoms with Gasteiger partial charge in [0.25, 0.3) is 0 Å². The predicted octanol–water partition coefficient (Wildman–Crippen LogP) is 4.31. The van der Waals surface area contributed by atoms with Gasteiger partial charge in [-0.05, 0) is 24.7 Å². The lowest BCUT2D eigenvalue weighted by molar-refractivity contribution is 0.461. The highest BCUT2D eigenvalue weighted by Crippen LogP contribution is 2.20. The highest BCUT2D eigenvalue weighted by molar-refractivity contribution is 8.14. The Morgan fingerprint density at radius 2 is 2.17 bits per heavy atom. The molecule has 18 heavy (non-hydrogen) atoms. The van der Waals surface area contributed by atoms with Gasteiger partial charge in [-0.25, -0.2) is 0 Å². The second-order valence-corrected chi connectivity index (χ2v) is 6.85. The molecule has 1 aliphatic rings. The molecule has 2 atom stereocenters. The van der Waals surface area contributed by atoms with Crippen LogP contribution >= 0.6 is 11.8 Å². The van der Waals surface area contributed by atoms with Gasteiger partial charge in [-0.2, -0.15) is 0 Å². The van der Waals surface area contributed by atoms with Crippen molar-refractivity contribution in [2.24, 2.45) is 16.8 Å². The molecule has 0 spiro atoms. The van der Waals surface area contributed by atoms with Gasteiger partial charge in [0.1, 0.15) is 0 Å². The molecule has 1 heterocycles. The van der Waals surface area contributed by atoms with E-state index in [0.717, 1.165) is 18.4 Å². The first-order valence-corrected chi connectivity index (χ1v) is 8.58. The molecule has 1 N–H and O–H groups in total. The zero-order valence-corrected chi connectivity index (χ0v) is 13.4. The molecule has 0 aromatic heterocycles. The minimum Gasteiger partial charge on any atom is -0.361 e. The van der Waals surface area contributed by atoms with Crippen molar-refractivity contribution < 1.29 is 0 Å². The van der Waals surface area contributed by atoms with E-state index in [4.69, 9.17) is 4.99 Å². The average molecular weight is 270 g/mol. The number of nitrogens with one attached hydrogen (secondary N) is 1. The fourth-order valence-corrected chi connectivity index (χ4v) is 3.35. The van der Waals surface area contributed by atoms with Crippen LogP contribution in [0.25, 0.3) is 0 Å². The molecule has 0 aliphatic carbocycles. The van der Waals surface area contributed by atoms with Crippen LogP contribution in [0.3, 0.4) is 0 Å². The quantitative estimate of drug-likeness (QED) is 0.711. The van der Waals surface area contributed by atoms with Gasteiger partial charge >= 0.3 is 0 Å². The predicted molar refractivity (Wildman–Crippen MR) is 84.4 cm³/mol. The van der Waals surface area contributed by atoms with Crippen LogP contribution in [0.5, 0.6) is 0 Å². The second-order valence-electron chi connectivity index (χ2n) is 5.84. The standard InChI is InChI=1S/C15H30N2S/c1-5-7-8-13(6-2)10-16-15-17-14(11-18-15)9-12(3)4/h12-14H,5-11H2,1-4H3,(H,16,17). The molecule has 0 aromatic rings. The van der Waals surface area contributed by atoms with E-state index in [0.29, 0.717) is 6.04 Å². The molecule has 0 bridgehead atoms. The van der Waals surface area contributed by atoms with E-state index in [1.165, 1.54) is 43.0 Å². The molecular weight excluding hydrogens is 240 g/mol. The van der Waals surface area contributed by atoms with Crippen LogP contribution in [0.1, 0.15) is 59.8 Å². The number of amidine groups is 1. The molecule has 0 amide bonds. The van der Waals surface area contributed by atoms with Gasteiger partial charge < -0.3 is 5.32 Å². The lowest BCUT2D eigenvalue weighted by Gasteiger charge is -2.13. The number of thioether (sulfide) groups is 1. The molecule has 0 saturated carbocycles. The zero-order chi connectivity index (χ0) is 13.4. The average Bonchev–Trinajstić information content (AvgIpc) is 2.76. The Balaban J connectivity index is 2.30. The monoisotopic (exact) mass is 270 g/mol. The molecule has 106 valence electrons. The van der Waals surface area contributed by atoms with Gasteiger partial charge in [-0.3, -0.25) is 4.99 Å². The van der Waals surface area contributed by atoms with Gasteiger partial charge in [-0.1, -0.05) is 58.7 Å². The first-order valence-electron chi connectivity index (χ1n) is 7.59. The Hall–Kier alpha value is -0.180. The molecule has 0 radical (unpaired) electrons. The molecule has 1 rings (SSSR count). The van der Waals surface area contributed by atoms with Crippen LogP contribution in [0.15, 0.2) is 4.99 Å². The summed E-state index contributed by atoms with van der Waals surface area (Å²) in [6, 6.07) is 0.643. The topological polar surface area (TPSA) is 24.4 Å². The summed E-state index contributed by atoms with van der Waals surface area (Å²) in [5.74, 6) is 2.75. The zero-order valence-electron chi connectivity index (χ0n) is 12.5. The Morgan fingerprint density at radius 3 is 2.78 bits per heavy atom. The number of hydrogen-bond donors (Lipinski definition) is 1. The Bertz CT molecular complexity index is 251. The Kier molecular flexibility index (Phi) is 7.80. The van der Waals surface area contributed by atoms with Crippen molar-refractivity contribution in [1.82, 2.24) is 5.32 Å². The van der Waals surface area contributed by atoms with Crippen molar-refractivity contribution in [1.29, 1.82) is 0 Å². The van der Waals surface area contributed by atoms with Crippen molar-refractivity contribution in [2.75, 3.05) is 12.3 Å². The van der Waals surface area contributed by atoms with Crippen LogP contribution in [-0.4, -0.2) is 23.5 Å². The summed E-state index contributed by atoms with van der Waals surface area (Å²) in [6.45, 7) is 10.2. The highest BCUT2D eigenvalue weighted by Gasteiger charge is 2.20. The third kappa shape index (κ3) is 6.12. The second kappa shape index (κ2) is 8.84. The molecule has 2 nitrogen and oxygen atoms in total. The molecule has 1 fully saturated rings. The third-order valence-corrected chi connectivity index (χ3v) is 4.63. The van der Waals surface area contributed by atoms with Crippen LogP contribution in [0.2, 0.25) is 0 Å². The maximum atomic E-state index is 4.77. The van der Waals surface area contributed by atoms with E-state index in [1.54, 1.807) is 0 Å². The van der Waals surface area contributed by atoms with Crippen LogP contribution < -0.4 is 5.32 Å². The lowest BCUT2D eigenvalue weighted by Crippen LogP contribution is -2.28. The Morgan fingerprint density at radius 1 is 1.39 bits per heavy atom. The number of aliphatic imine (C=N–C) groups is 1. The van der Waals surface area contributed by atoms with Gasteiger partial charge in [0.15, 0.2) is 5.17 Å². The fraction of sp³-hybridized carbons (Fsp3) is 0.933. The van der Waals surface area contributed by atoms with Gasteiger partial charge in [-0.15, -0.1) is 0 Å². The summed E-state index contributed by atoms with van der Waals surface area (Å²) in [7, 11) is 0. The number of unbranched alkanes of at least 4 members (excludes halogenated alkanes) is 1. The Labute approximate surface area is 117 Å². The first kappa shape index (κ1) is 15.9. The van der Waals surface area contributed by atoms with Crippen molar-refractivity contribution in [3.63, 3.8) is 0 Å². The smallest absolute Gasteiger partial charge is 0.156 e. The maximum absolute atomic E-state index is 4.77. The minimum absolute atomic E-state index is 0.643. The van der Waals surface area contributed by atoms with Crippen molar-refractivity contribution in [3.8, 4) is 0 Å². The van der Waals surface area contributed by atoms with E-state index >= 15 is 0 Å². The summed E-state index contributed by atoms with van der Waals surface area (Å²) in [5, 5.41) is 4.76. The SMILES string of the molecule is CCCCC(CC)CN=C1NC(CC(C)C)CS1. The van der Waals surface area contributed by atoms with Crippen LogP contribution in [0.4, 0.5) is 0 Å². The van der Waals surface area contributed by atoms with E-state index < -0.39 is 0 Å². The molecule has 0 aromatic carbocycles. The molecule has 2 unspecified atom stereocenters. The minimum atomic E-state index is 0.643. The summed E-state index contributed by atoms with van der Waals surface area (Å²) in [6.07, 6.45) is 6.51. The van der Waals surface area contributed by atoms with Crippen LogP contribution in [-0.2, 0) is 0 Å². The van der Waals surface area contributed by atoms with Gasteiger partial charge in [0.2, 0.25) is 0 Å². The van der Waals surface area contributed by atoms with Crippen molar-refractivity contribution in [2.45, 2.75) is 65.8 Å². The summed E-state index contributed by atoms with van der Waals surface area (Å²) in [4.78, 5) is 4.77. The molecule has 3 heteroatoms. The van der Waals surface area contributed by atoms with E-state index in [9.17, 15) is 0 Å². The van der Waals surface area contributed by atoms with E-state index in [-0.39, 0.29) is 0 Å². The molecular formula is C15H30N2S. The van der Waals surface area contributed by atoms with Gasteiger partial charge in [0, 0.05) is 18.3 Å². The summed E-state index contributed by atoms with van der Waals surface area (Å²) >= 11 is 1.91. The summed E-state index contributed by atoms with van der Waals surface area (Å²) < 4.78 is 0. The van der Waals surface area contributed by atoms with Crippen molar-refractivity contribution >= 4 is 16.9 Å². The highest BCUT2D eigenvalue weighted by atomic mass is 32.2. The van der Waals surface area contributed by atoms with Crippen molar-refractivity contribution in [3.05, 3.63) is 0 Å². The normalized spacial score (nSPS) is 23.6. The number of nitrogens with zero attached hydrogens (tertiary/aromatic N) is 1. The number of hydrogen-bond acceptors (Lipinski definition) is 2. The molecule has 1 saturated heterocycles. The fourth-order valence-electron chi connectivity index (χ4n) is 2.35. The third-order valence-electron chi connectivity index (χ3n) is 3.54. The number of rotatable bonds is 8. The maximum Gasteiger partial charge on any atom is 0.156 e. The molecule has 1 aliphatic heterocycles. The summed E-state index contributed by atoms with van der Waals surface area (Å²) in [5.41, 5.74) is 0. The first-order chi connectivity index (χ1) is 8.65. The van der Waals surface area contributed by atoms with E-state index in [2.05, 4.69) is 33.0 Å².